The van der Waals surface area contributed by atoms with E-state index in [0.29, 0.717) is 18.5 Å². The topological polar surface area (TPSA) is 37.4 Å². The maximum Gasteiger partial charge on any atom is 0.234 e. The Kier molecular flexibility index (Phi) is 3.91. The number of carbonyl (C=O) groups excluding carboxylic acids is 2. The first kappa shape index (κ1) is 14.8. The summed E-state index contributed by atoms with van der Waals surface area (Å²) in [7, 11) is 0. The molecule has 0 aromatic heterocycles. The van der Waals surface area contributed by atoms with Gasteiger partial charge in [-0.3, -0.25) is 14.5 Å². The lowest BCUT2D eigenvalue weighted by molar-refractivity contribution is -0.134. The number of piperidine rings is 1. The van der Waals surface area contributed by atoms with Crippen LogP contribution < -0.4 is 4.90 Å². The van der Waals surface area contributed by atoms with Crippen molar-refractivity contribution in [2.45, 2.75) is 51.9 Å². The van der Waals surface area contributed by atoms with Crippen molar-refractivity contribution in [3.05, 3.63) is 28.2 Å². The lowest BCUT2D eigenvalue weighted by atomic mass is 9.67. The van der Waals surface area contributed by atoms with Gasteiger partial charge in [0.25, 0.3) is 0 Å². The van der Waals surface area contributed by atoms with Crippen LogP contribution in [-0.4, -0.2) is 11.8 Å². The molecule has 1 aromatic carbocycles. The third kappa shape index (κ3) is 2.78. The van der Waals surface area contributed by atoms with E-state index in [0.717, 1.165) is 35.7 Å². The molecule has 0 unspecified atom stereocenters. The fraction of sp³-hybridized carbons (Fsp3) is 0.529. The number of amides is 2. The first-order valence-electron chi connectivity index (χ1n) is 7.63. The molecule has 2 aliphatic rings. The average molecular weight is 350 g/mol. The van der Waals surface area contributed by atoms with Crippen molar-refractivity contribution in [2.24, 2.45) is 5.41 Å². The molecule has 1 aromatic rings. The van der Waals surface area contributed by atoms with E-state index in [2.05, 4.69) is 15.9 Å². The van der Waals surface area contributed by atoms with Crippen LogP contribution in [0.4, 0.5) is 5.69 Å². The number of halogens is 1. The highest BCUT2D eigenvalue weighted by atomic mass is 79.9. The van der Waals surface area contributed by atoms with E-state index in [9.17, 15) is 9.59 Å². The van der Waals surface area contributed by atoms with E-state index in [1.165, 1.54) is 11.3 Å². The van der Waals surface area contributed by atoms with Crippen LogP contribution in [-0.2, 0) is 9.59 Å². The molecule has 21 heavy (non-hydrogen) atoms. The van der Waals surface area contributed by atoms with Crippen molar-refractivity contribution in [3.8, 4) is 0 Å². The second kappa shape index (κ2) is 5.56. The summed E-state index contributed by atoms with van der Waals surface area (Å²) in [6, 6.07) is 5.64. The quantitative estimate of drug-likeness (QED) is 0.706. The smallest absolute Gasteiger partial charge is 0.234 e. The summed E-state index contributed by atoms with van der Waals surface area (Å²) in [6.45, 7) is 1.97. The highest BCUT2D eigenvalue weighted by molar-refractivity contribution is 9.10. The van der Waals surface area contributed by atoms with Gasteiger partial charge >= 0.3 is 0 Å². The van der Waals surface area contributed by atoms with Gasteiger partial charge in [0.15, 0.2) is 0 Å². The van der Waals surface area contributed by atoms with Crippen LogP contribution in [0, 0.1) is 12.3 Å². The fourth-order valence-corrected chi connectivity index (χ4v) is 3.96. The number of hydrogen-bond acceptors (Lipinski definition) is 2. The number of benzene rings is 1. The van der Waals surface area contributed by atoms with Crippen molar-refractivity contribution in [3.63, 3.8) is 0 Å². The van der Waals surface area contributed by atoms with Crippen LogP contribution in [0.5, 0.6) is 0 Å². The minimum atomic E-state index is -0.0483. The predicted molar refractivity (Wildman–Crippen MR) is 86.1 cm³/mol. The predicted octanol–water partition coefficient (Wildman–Crippen LogP) is 4.36. The molecule has 3 nitrogen and oxygen atoms in total. The first-order chi connectivity index (χ1) is 10.0. The second-order valence-corrected chi connectivity index (χ2v) is 7.32. The van der Waals surface area contributed by atoms with Crippen molar-refractivity contribution in [2.75, 3.05) is 4.90 Å². The van der Waals surface area contributed by atoms with Gasteiger partial charge in [-0.1, -0.05) is 35.2 Å². The van der Waals surface area contributed by atoms with E-state index < -0.39 is 0 Å². The monoisotopic (exact) mass is 349 g/mol. The molecular formula is C17H20BrNO2. The second-order valence-electron chi connectivity index (χ2n) is 6.47. The summed E-state index contributed by atoms with van der Waals surface area (Å²) in [4.78, 5) is 26.5. The highest BCUT2D eigenvalue weighted by Gasteiger charge is 2.44. The van der Waals surface area contributed by atoms with Gasteiger partial charge in [-0.25, -0.2) is 0 Å². The lowest BCUT2D eigenvalue weighted by Crippen LogP contribution is -2.48. The fourth-order valence-electron chi connectivity index (χ4n) is 3.71. The third-order valence-corrected chi connectivity index (χ3v) is 5.75. The van der Waals surface area contributed by atoms with Crippen molar-refractivity contribution >= 4 is 33.4 Å². The number of aryl methyl sites for hydroxylation is 1. The Balaban J connectivity index is 1.86. The maximum absolute atomic E-state index is 12.6. The summed E-state index contributed by atoms with van der Waals surface area (Å²) in [5.74, 6) is -0.0651. The van der Waals surface area contributed by atoms with Gasteiger partial charge in [0.1, 0.15) is 0 Å². The molecule has 0 atom stereocenters. The summed E-state index contributed by atoms with van der Waals surface area (Å²) in [5.41, 5.74) is 1.69. The van der Waals surface area contributed by atoms with Gasteiger partial charge in [-0.15, -0.1) is 0 Å². The van der Waals surface area contributed by atoms with Crippen LogP contribution in [0.15, 0.2) is 22.7 Å². The Morgan fingerprint density at radius 2 is 1.67 bits per heavy atom. The Hall–Kier alpha value is -1.16. The first-order valence-corrected chi connectivity index (χ1v) is 8.42. The number of nitrogens with zero attached hydrogens (tertiary/aromatic N) is 1. The molecule has 2 fully saturated rings. The van der Waals surface area contributed by atoms with E-state index in [1.54, 1.807) is 0 Å². The zero-order valence-electron chi connectivity index (χ0n) is 12.3. The minimum absolute atomic E-state index is 0.0325. The Morgan fingerprint density at radius 1 is 1.05 bits per heavy atom. The minimum Gasteiger partial charge on any atom is -0.274 e. The van der Waals surface area contributed by atoms with E-state index in [4.69, 9.17) is 0 Å². The summed E-state index contributed by atoms with van der Waals surface area (Å²) < 4.78 is 0.993. The van der Waals surface area contributed by atoms with Gasteiger partial charge in [0.2, 0.25) is 11.8 Å². The van der Waals surface area contributed by atoms with E-state index in [1.807, 2.05) is 25.1 Å². The van der Waals surface area contributed by atoms with Gasteiger partial charge in [-0.05, 0) is 48.9 Å². The largest absolute Gasteiger partial charge is 0.274 e. The molecule has 1 heterocycles. The molecule has 3 rings (SSSR count). The molecule has 0 radical (unpaired) electrons. The molecular weight excluding hydrogens is 330 g/mol. The van der Waals surface area contributed by atoms with Crippen LogP contribution in [0.3, 0.4) is 0 Å². The zero-order valence-corrected chi connectivity index (χ0v) is 13.9. The standard InChI is InChI=1S/C17H20BrNO2/c1-12-9-13(5-6-14(12)18)19-15(20)10-17(11-16(19)21)7-3-2-4-8-17/h5-6,9H,2-4,7-8,10-11H2,1H3. The van der Waals surface area contributed by atoms with Gasteiger partial charge in [0, 0.05) is 17.3 Å². The van der Waals surface area contributed by atoms with Crippen molar-refractivity contribution < 1.29 is 9.59 Å². The summed E-state index contributed by atoms with van der Waals surface area (Å²) in [6.07, 6.45) is 6.63. The normalized spacial score (nSPS) is 21.9. The average Bonchev–Trinajstić information content (AvgIpc) is 2.42. The van der Waals surface area contributed by atoms with Crippen LogP contribution in [0.2, 0.25) is 0 Å². The number of anilines is 1. The number of hydrogen-bond donors (Lipinski definition) is 0. The van der Waals surface area contributed by atoms with Gasteiger partial charge in [-0.2, -0.15) is 0 Å². The van der Waals surface area contributed by atoms with Crippen molar-refractivity contribution in [1.82, 2.24) is 0 Å². The molecule has 1 saturated heterocycles. The lowest BCUT2D eigenvalue weighted by Gasteiger charge is -2.42. The number of imide groups is 1. The zero-order chi connectivity index (χ0) is 15.0. The number of rotatable bonds is 1. The molecule has 1 saturated carbocycles. The highest BCUT2D eigenvalue weighted by Crippen LogP contribution is 2.46. The van der Waals surface area contributed by atoms with Crippen LogP contribution in [0.25, 0.3) is 0 Å². The van der Waals surface area contributed by atoms with Crippen LogP contribution >= 0.6 is 15.9 Å². The Bertz CT molecular complexity index is 570. The molecule has 1 aliphatic heterocycles. The van der Waals surface area contributed by atoms with Gasteiger partial charge < -0.3 is 0 Å². The maximum atomic E-state index is 12.6. The van der Waals surface area contributed by atoms with Gasteiger partial charge in [0.05, 0.1) is 5.69 Å². The molecule has 0 N–H and O–H groups in total. The summed E-state index contributed by atoms with van der Waals surface area (Å²) in [5, 5.41) is 0. The molecule has 2 amide bonds. The molecule has 4 heteroatoms. The summed E-state index contributed by atoms with van der Waals surface area (Å²) >= 11 is 3.45. The molecule has 1 aliphatic carbocycles. The van der Waals surface area contributed by atoms with Crippen molar-refractivity contribution in [1.29, 1.82) is 0 Å². The SMILES string of the molecule is Cc1cc(N2C(=O)CC3(CCCCC3)CC2=O)ccc1Br. The Labute approximate surface area is 133 Å². The molecule has 112 valence electrons. The Morgan fingerprint density at radius 3 is 2.24 bits per heavy atom. The van der Waals surface area contributed by atoms with Crippen LogP contribution in [0.1, 0.15) is 50.5 Å². The molecule has 1 spiro atoms. The third-order valence-electron chi connectivity index (χ3n) is 4.87. The van der Waals surface area contributed by atoms with E-state index in [-0.39, 0.29) is 17.2 Å². The number of carbonyl (C=O) groups is 2. The molecule has 0 bridgehead atoms. The van der Waals surface area contributed by atoms with E-state index >= 15 is 0 Å².